The number of hydrogen-bond donors (Lipinski definition) is 0. The van der Waals surface area contributed by atoms with Crippen LogP contribution >= 0.6 is 11.6 Å². The van der Waals surface area contributed by atoms with E-state index in [4.69, 9.17) is 16.3 Å². The third-order valence-electron chi connectivity index (χ3n) is 3.86. The lowest BCUT2D eigenvalue weighted by atomic mass is 10.1. The SMILES string of the molecule is Cc1cccc(C(=O)N2CCOC(c3ccc(Cl)cc3)C2)c1. The van der Waals surface area contributed by atoms with Gasteiger partial charge in [-0.05, 0) is 36.8 Å². The highest BCUT2D eigenvalue weighted by Gasteiger charge is 2.26. The second-order valence-electron chi connectivity index (χ2n) is 5.53. The molecule has 0 aromatic heterocycles. The van der Waals surface area contributed by atoms with Gasteiger partial charge < -0.3 is 9.64 Å². The van der Waals surface area contributed by atoms with Crippen molar-refractivity contribution in [3.8, 4) is 0 Å². The predicted molar refractivity (Wildman–Crippen MR) is 87.2 cm³/mol. The monoisotopic (exact) mass is 315 g/mol. The minimum Gasteiger partial charge on any atom is -0.370 e. The van der Waals surface area contributed by atoms with E-state index in [1.54, 1.807) is 0 Å². The molecule has 22 heavy (non-hydrogen) atoms. The summed E-state index contributed by atoms with van der Waals surface area (Å²) in [5.41, 5.74) is 2.87. The minimum absolute atomic E-state index is 0.0611. The number of rotatable bonds is 2. The summed E-state index contributed by atoms with van der Waals surface area (Å²) in [4.78, 5) is 14.5. The zero-order valence-electron chi connectivity index (χ0n) is 12.5. The summed E-state index contributed by atoms with van der Waals surface area (Å²) < 4.78 is 5.81. The van der Waals surface area contributed by atoms with Crippen LogP contribution in [-0.4, -0.2) is 30.5 Å². The zero-order valence-corrected chi connectivity index (χ0v) is 13.2. The Morgan fingerprint density at radius 2 is 2.00 bits per heavy atom. The standard InChI is InChI=1S/C18H18ClNO2/c1-13-3-2-4-15(11-13)18(21)20-9-10-22-17(12-20)14-5-7-16(19)8-6-14/h2-8,11,17H,9-10,12H2,1H3. The van der Waals surface area contributed by atoms with E-state index < -0.39 is 0 Å². The molecule has 0 bridgehead atoms. The number of nitrogens with zero attached hydrogens (tertiary/aromatic N) is 1. The lowest BCUT2D eigenvalue weighted by Gasteiger charge is -2.33. The first-order valence-corrected chi connectivity index (χ1v) is 7.74. The van der Waals surface area contributed by atoms with Crippen molar-refractivity contribution < 1.29 is 9.53 Å². The van der Waals surface area contributed by atoms with Gasteiger partial charge in [0, 0.05) is 17.1 Å². The van der Waals surface area contributed by atoms with Crippen molar-refractivity contribution in [2.45, 2.75) is 13.0 Å². The summed E-state index contributed by atoms with van der Waals surface area (Å²) in [6.07, 6.45) is -0.0974. The van der Waals surface area contributed by atoms with E-state index in [2.05, 4.69) is 0 Å². The molecule has 114 valence electrons. The Hall–Kier alpha value is -1.84. The molecule has 0 aliphatic carbocycles. The molecule has 0 saturated carbocycles. The van der Waals surface area contributed by atoms with Crippen LogP contribution in [0.5, 0.6) is 0 Å². The quantitative estimate of drug-likeness (QED) is 0.842. The maximum absolute atomic E-state index is 12.6. The molecule has 3 rings (SSSR count). The number of halogens is 1. The molecule has 0 spiro atoms. The van der Waals surface area contributed by atoms with Gasteiger partial charge in [0.25, 0.3) is 5.91 Å². The molecule has 0 N–H and O–H groups in total. The van der Waals surface area contributed by atoms with Crippen molar-refractivity contribution in [1.29, 1.82) is 0 Å². The first kappa shape index (κ1) is 15.1. The highest BCUT2D eigenvalue weighted by Crippen LogP contribution is 2.24. The fourth-order valence-corrected chi connectivity index (χ4v) is 2.80. The maximum atomic E-state index is 12.6. The number of hydrogen-bond acceptors (Lipinski definition) is 2. The second kappa shape index (κ2) is 6.51. The summed E-state index contributed by atoms with van der Waals surface area (Å²) in [6.45, 7) is 3.72. The summed E-state index contributed by atoms with van der Waals surface area (Å²) in [5, 5.41) is 0.701. The molecule has 1 aliphatic rings. The molecule has 2 aromatic rings. The highest BCUT2D eigenvalue weighted by atomic mass is 35.5. The zero-order chi connectivity index (χ0) is 15.5. The van der Waals surface area contributed by atoms with Crippen LogP contribution in [0.1, 0.15) is 27.6 Å². The van der Waals surface area contributed by atoms with Crippen LogP contribution in [0, 0.1) is 6.92 Å². The number of amides is 1. The smallest absolute Gasteiger partial charge is 0.254 e. The number of benzene rings is 2. The van der Waals surface area contributed by atoms with Crippen molar-refractivity contribution in [3.05, 3.63) is 70.2 Å². The van der Waals surface area contributed by atoms with Crippen molar-refractivity contribution in [2.75, 3.05) is 19.7 Å². The number of carbonyl (C=O) groups excluding carboxylic acids is 1. The molecule has 0 radical (unpaired) electrons. The predicted octanol–water partition coefficient (Wildman–Crippen LogP) is 3.86. The van der Waals surface area contributed by atoms with Crippen LogP contribution in [-0.2, 0) is 4.74 Å². The molecule has 4 heteroatoms. The maximum Gasteiger partial charge on any atom is 0.254 e. The van der Waals surface area contributed by atoms with E-state index in [9.17, 15) is 4.79 Å². The van der Waals surface area contributed by atoms with Gasteiger partial charge >= 0.3 is 0 Å². The van der Waals surface area contributed by atoms with E-state index in [0.29, 0.717) is 24.7 Å². The Balaban J connectivity index is 1.75. The molecule has 2 aromatic carbocycles. The minimum atomic E-state index is -0.0974. The molecule has 1 heterocycles. The molecule has 1 amide bonds. The fourth-order valence-electron chi connectivity index (χ4n) is 2.67. The van der Waals surface area contributed by atoms with E-state index in [-0.39, 0.29) is 12.0 Å². The van der Waals surface area contributed by atoms with Crippen molar-refractivity contribution in [1.82, 2.24) is 4.90 Å². The topological polar surface area (TPSA) is 29.5 Å². The van der Waals surface area contributed by atoms with Gasteiger partial charge in [0.1, 0.15) is 6.10 Å². The van der Waals surface area contributed by atoms with Gasteiger partial charge in [-0.25, -0.2) is 0 Å². The number of ether oxygens (including phenoxy) is 1. The largest absolute Gasteiger partial charge is 0.370 e. The van der Waals surface area contributed by atoms with Gasteiger partial charge in [-0.1, -0.05) is 41.4 Å². The molecular formula is C18H18ClNO2. The number of morpholine rings is 1. The van der Waals surface area contributed by atoms with Crippen LogP contribution in [0.25, 0.3) is 0 Å². The van der Waals surface area contributed by atoms with Crippen molar-refractivity contribution in [2.24, 2.45) is 0 Å². The first-order chi connectivity index (χ1) is 10.6. The van der Waals surface area contributed by atoms with Crippen LogP contribution in [0.2, 0.25) is 5.02 Å². The van der Waals surface area contributed by atoms with Crippen molar-refractivity contribution in [3.63, 3.8) is 0 Å². The third kappa shape index (κ3) is 3.32. The average Bonchev–Trinajstić information content (AvgIpc) is 2.55. The van der Waals surface area contributed by atoms with Crippen LogP contribution in [0.3, 0.4) is 0 Å². The Labute approximate surface area is 135 Å². The molecule has 1 aliphatic heterocycles. The lowest BCUT2D eigenvalue weighted by Crippen LogP contribution is -2.42. The van der Waals surface area contributed by atoms with E-state index in [1.807, 2.05) is 60.4 Å². The van der Waals surface area contributed by atoms with Crippen LogP contribution < -0.4 is 0 Å². The molecular weight excluding hydrogens is 298 g/mol. The third-order valence-corrected chi connectivity index (χ3v) is 4.11. The van der Waals surface area contributed by atoms with E-state index >= 15 is 0 Å². The van der Waals surface area contributed by atoms with E-state index in [1.165, 1.54) is 0 Å². The van der Waals surface area contributed by atoms with Gasteiger partial charge in [0.2, 0.25) is 0 Å². The van der Waals surface area contributed by atoms with Gasteiger partial charge in [-0.3, -0.25) is 4.79 Å². The average molecular weight is 316 g/mol. The van der Waals surface area contributed by atoms with Gasteiger partial charge in [0.05, 0.1) is 13.2 Å². The summed E-state index contributed by atoms with van der Waals surface area (Å²) in [7, 11) is 0. The van der Waals surface area contributed by atoms with Gasteiger partial charge in [-0.2, -0.15) is 0 Å². The second-order valence-corrected chi connectivity index (χ2v) is 5.97. The number of aryl methyl sites for hydroxylation is 1. The molecule has 3 nitrogen and oxygen atoms in total. The van der Waals surface area contributed by atoms with Gasteiger partial charge in [-0.15, -0.1) is 0 Å². The van der Waals surface area contributed by atoms with Gasteiger partial charge in [0.15, 0.2) is 0 Å². The van der Waals surface area contributed by atoms with E-state index in [0.717, 1.165) is 16.7 Å². The molecule has 1 atom stereocenters. The Morgan fingerprint density at radius 3 is 2.73 bits per heavy atom. The summed E-state index contributed by atoms with van der Waals surface area (Å²) in [5.74, 6) is 0.0611. The fraction of sp³-hybridized carbons (Fsp3) is 0.278. The highest BCUT2D eigenvalue weighted by molar-refractivity contribution is 6.30. The van der Waals surface area contributed by atoms with Crippen LogP contribution in [0.4, 0.5) is 0 Å². The Kier molecular flexibility index (Phi) is 4.46. The molecule has 1 unspecified atom stereocenters. The van der Waals surface area contributed by atoms with Crippen molar-refractivity contribution >= 4 is 17.5 Å². The van der Waals surface area contributed by atoms with Crippen LogP contribution in [0.15, 0.2) is 48.5 Å². The lowest BCUT2D eigenvalue weighted by molar-refractivity contribution is -0.0228. The number of carbonyl (C=O) groups is 1. The first-order valence-electron chi connectivity index (χ1n) is 7.36. The Morgan fingerprint density at radius 1 is 1.23 bits per heavy atom. The summed E-state index contributed by atoms with van der Waals surface area (Å²) >= 11 is 5.92. The Bertz CT molecular complexity index is 669. The molecule has 1 fully saturated rings. The summed E-state index contributed by atoms with van der Waals surface area (Å²) in [6, 6.07) is 15.3. The normalized spacial score (nSPS) is 18.3. The molecule has 1 saturated heterocycles.